The molecule has 98 valence electrons. The van der Waals surface area contributed by atoms with Gasteiger partial charge in [-0.3, -0.25) is 0 Å². The van der Waals surface area contributed by atoms with Crippen molar-refractivity contribution in [3.05, 3.63) is 22.4 Å². The Morgan fingerprint density at radius 1 is 1.24 bits per heavy atom. The van der Waals surface area contributed by atoms with Crippen molar-refractivity contribution in [3.8, 4) is 0 Å². The quantitative estimate of drug-likeness (QED) is 0.765. The van der Waals surface area contributed by atoms with E-state index in [0.29, 0.717) is 6.04 Å². The van der Waals surface area contributed by atoms with Crippen molar-refractivity contribution in [1.29, 1.82) is 0 Å². The van der Waals surface area contributed by atoms with E-state index in [-0.39, 0.29) is 0 Å². The lowest BCUT2D eigenvalue weighted by Gasteiger charge is -2.20. The zero-order valence-corrected chi connectivity index (χ0v) is 12.3. The second-order valence-electron chi connectivity index (χ2n) is 4.80. The first-order chi connectivity index (χ1) is 8.09. The third-order valence-electron chi connectivity index (χ3n) is 2.84. The Bertz CT molecular complexity index is 285. The summed E-state index contributed by atoms with van der Waals surface area (Å²) in [6, 6.07) is 4.77. The maximum absolute atomic E-state index is 3.56. The molecular weight excluding hydrogens is 230 g/mol. The van der Waals surface area contributed by atoms with Crippen molar-refractivity contribution < 1.29 is 0 Å². The van der Waals surface area contributed by atoms with Crippen LogP contribution in [0, 0.1) is 0 Å². The van der Waals surface area contributed by atoms with Gasteiger partial charge in [-0.1, -0.05) is 6.07 Å². The molecule has 0 aromatic carbocycles. The number of hydrogen-bond acceptors (Lipinski definition) is 4. The van der Waals surface area contributed by atoms with Crippen LogP contribution < -0.4 is 5.32 Å². The zero-order valence-electron chi connectivity index (χ0n) is 11.4. The second-order valence-corrected chi connectivity index (χ2v) is 5.78. The van der Waals surface area contributed by atoms with Crippen LogP contribution in [0.15, 0.2) is 17.5 Å². The van der Waals surface area contributed by atoms with Gasteiger partial charge in [0, 0.05) is 37.1 Å². The molecule has 1 aromatic heterocycles. The van der Waals surface area contributed by atoms with E-state index in [9.17, 15) is 0 Å². The van der Waals surface area contributed by atoms with Crippen LogP contribution in [0.4, 0.5) is 0 Å². The van der Waals surface area contributed by atoms with Gasteiger partial charge in [0.25, 0.3) is 0 Å². The average Bonchev–Trinajstić information content (AvgIpc) is 2.79. The van der Waals surface area contributed by atoms with Crippen molar-refractivity contribution in [2.45, 2.75) is 13.0 Å². The lowest BCUT2D eigenvalue weighted by Crippen LogP contribution is -2.34. The minimum absolute atomic E-state index is 0.470. The van der Waals surface area contributed by atoms with Gasteiger partial charge in [0.15, 0.2) is 0 Å². The molecule has 4 heteroatoms. The fourth-order valence-corrected chi connectivity index (χ4v) is 2.35. The highest BCUT2D eigenvalue weighted by atomic mass is 32.1. The monoisotopic (exact) mass is 255 g/mol. The molecule has 0 aliphatic carbocycles. The molecule has 0 saturated heterocycles. The van der Waals surface area contributed by atoms with Gasteiger partial charge in [0.1, 0.15) is 0 Å². The van der Waals surface area contributed by atoms with E-state index in [1.54, 1.807) is 0 Å². The van der Waals surface area contributed by atoms with E-state index < -0.39 is 0 Å². The molecule has 3 nitrogen and oxygen atoms in total. The molecule has 1 N–H and O–H groups in total. The Morgan fingerprint density at radius 3 is 2.59 bits per heavy atom. The molecule has 0 saturated carbocycles. The summed E-state index contributed by atoms with van der Waals surface area (Å²) in [5.41, 5.74) is 0. The average molecular weight is 255 g/mol. The lowest BCUT2D eigenvalue weighted by molar-refractivity contribution is 0.279. The largest absolute Gasteiger partial charge is 0.308 e. The number of thiophene rings is 1. The highest BCUT2D eigenvalue weighted by Gasteiger charge is 2.05. The van der Waals surface area contributed by atoms with Crippen LogP contribution >= 0.6 is 11.3 Å². The molecule has 1 rings (SSSR count). The van der Waals surface area contributed by atoms with Crippen LogP contribution in [0.1, 0.15) is 17.8 Å². The molecule has 0 aliphatic heterocycles. The van der Waals surface area contributed by atoms with Crippen LogP contribution in [0.5, 0.6) is 0 Å². The Labute approximate surface area is 109 Å². The molecule has 1 atom stereocenters. The van der Waals surface area contributed by atoms with Gasteiger partial charge in [-0.25, -0.2) is 0 Å². The van der Waals surface area contributed by atoms with Gasteiger partial charge in [-0.05, 0) is 39.5 Å². The van der Waals surface area contributed by atoms with E-state index in [2.05, 4.69) is 60.7 Å². The molecule has 0 radical (unpaired) electrons. The summed E-state index contributed by atoms with van der Waals surface area (Å²) in [7, 11) is 6.41. The summed E-state index contributed by atoms with van der Waals surface area (Å²) < 4.78 is 0. The van der Waals surface area contributed by atoms with E-state index >= 15 is 0 Å². The van der Waals surface area contributed by atoms with Crippen molar-refractivity contribution in [2.75, 3.05) is 47.3 Å². The Morgan fingerprint density at radius 2 is 2.00 bits per heavy atom. The smallest absolute Gasteiger partial charge is 0.0386 e. The molecule has 0 aliphatic rings. The summed E-state index contributed by atoms with van der Waals surface area (Å²) in [5, 5.41) is 5.69. The first-order valence-electron chi connectivity index (χ1n) is 6.19. The van der Waals surface area contributed by atoms with Gasteiger partial charge in [0.05, 0.1) is 0 Å². The second kappa shape index (κ2) is 7.82. The zero-order chi connectivity index (χ0) is 12.7. The molecule has 1 aromatic rings. The third kappa shape index (κ3) is 6.17. The van der Waals surface area contributed by atoms with Crippen LogP contribution in [0.2, 0.25) is 0 Å². The van der Waals surface area contributed by atoms with Gasteiger partial charge in [-0.2, -0.15) is 0 Å². The number of rotatable bonds is 8. The van der Waals surface area contributed by atoms with E-state index in [1.807, 2.05) is 11.3 Å². The van der Waals surface area contributed by atoms with Crippen molar-refractivity contribution in [2.24, 2.45) is 0 Å². The number of likely N-dealkylation sites (N-methyl/N-ethyl adjacent to an activating group) is 2. The van der Waals surface area contributed by atoms with Crippen LogP contribution in [0.3, 0.4) is 0 Å². The van der Waals surface area contributed by atoms with Crippen molar-refractivity contribution in [1.82, 2.24) is 15.1 Å². The lowest BCUT2D eigenvalue weighted by atomic mass is 10.3. The highest BCUT2D eigenvalue weighted by Crippen LogP contribution is 2.17. The van der Waals surface area contributed by atoms with Gasteiger partial charge < -0.3 is 15.1 Å². The van der Waals surface area contributed by atoms with E-state index in [0.717, 1.165) is 26.2 Å². The van der Waals surface area contributed by atoms with Crippen molar-refractivity contribution in [3.63, 3.8) is 0 Å². The fourth-order valence-electron chi connectivity index (χ4n) is 1.59. The summed E-state index contributed by atoms with van der Waals surface area (Å²) >= 11 is 1.82. The van der Waals surface area contributed by atoms with Gasteiger partial charge >= 0.3 is 0 Å². The molecule has 17 heavy (non-hydrogen) atoms. The highest BCUT2D eigenvalue weighted by molar-refractivity contribution is 7.10. The predicted octanol–water partition coefficient (Wildman–Crippen LogP) is 1.89. The van der Waals surface area contributed by atoms with E-state index in [1.165, 1.54) is 4.88 Å². The summed E-state index contributed by atoms with van der Waals surface area (Å²) in [5.74, 6) is 0. The first-order valence-corrected chi connectivity index (χ1v) is 7.07. The maximum atomic E-state index is 3.56. The maximum Gasteiger partial charge on any atom is 0.0386 e. The van der Waals surface area contributed by atoms with Crippen LogP contribution in [0.25, 0.3) is 0 Å². The number of nitrogens with zero attached hydrogens (tertiary/aromatic N) is 2. The number of hydrogen-bond donors (Lipinski definition) is 1. The van der Waals surface area contributed by atoms with Crippen LogP contribution in [-0.2, 0) is 0 Å². The van der Waals surface area contributed by atoms with Crippen LogP contribution in [-0.4, -0.2) is 57.1 Å². The summed E-state index contributed by atoms with van der Waals surface area (Å²) in [4.78, 5) is 6.01. The molecule has 0 spiro atoms. The van der Waals surface area contributed by atoms with E-state index in [4.69, 9.17) is 0 Å². The molecule has 0 fully saturated rings. The molecule has 0 bridgehead atoms. The molecule has 0 amide bonds. The Balaban J connectivity index is 2.11. The predicted molar refractivity (Wildman–Crippen MR) is 76.8 cm³/mol. The topological polar surface area (TPSA) is 18.5 Å². The SMILES string of the molecule is CC(NCCN(C)CCN(C)C)c1cccs1. The third-order valence-corrected chi connectivity index (χ3v) is 3.90. The summed E-state index contributed by atoms with van der Waals surface area (Å²) in [6.45, 7) is 6.62. The first kappa shape index (κ1) is 14.6. The summed E-state index contributed by atoms with van der Waals surface area (Å²) in [6.07, 6.45) is 0. The molecule has 1 unspecified atom stereocenters. The minimum atomic E-state index is 0.470. The van der Waals surface area contributed by atoms with Gasteiger partial charge in [-0.15, -0.1) is 11.3 Å². The van der Waals surface area contributed by atoms with Gasteiger partial charge in [0.2, 0.25) is 0 Å². The fraction of sp³-hybridized carbons (Fsp3) is 0.692. The minimum Gasteiger partial charge on any atom is -0.308 e. The molecular formula is C13H25N3S. The molecule has 1 heterocycles. The number of nitrogens with one attached hydrogen (secondary N) is 1. The Kier molecular flexibility index (Phi) is 6.73. The normalized spacial score (nSPS) is 13.5. The standard InChI is InChI=1S/C13H25N3S/c1-12(13-6-5-11-17-13)14-7-8-16(4)10-9-15(2)3/h5-6,11-12,14H,7-10H2,1-4H3. The van der Waals surface area contributed by atoms with Crippen molar-refractivity contribution >= 4 is 11.3 Å². The Hall–Kier alpha value is -0.420.